The number of hydrogen-bond acceptors (Lipinski definition) is 4. The summed E-state index contributed by atoms with van der Waals surface area (Å²) in [5.41, 5.74) is 2.43. The van der Waals surface area contributed by atoms with Crippen molar-refractivity contribution in [3.63, 3.8) is 0 Å². The van der Waals surface area contributed by atoms with Gasteiger partial charge < -0.3 is 9.88 Å². The number of aromatic nitrogens is 2. The van der Waals surface area contributed by atoms with Crippen molar-refractivity contribution >= 4 is 15.9 Å². The fourth-order valence-electron chi connectivity index (χ4n) is 4.25. The second kappa shape index (κ2) is 8.67. The van der Waals surface area contributed by atoms with Crippen LogP contribution < -0.4 is 5.32 Å². The van der Waals surface area contributed by atoms with Crippen LogP contribution in [-0.2, 0) is 34.2 Å². The second-order valence-corrected chi connectivity index (χ2v) is 9.85. The fraction of sp³-hybridized carbons (Fsp3) is 0.524. The molecule has 0 atom stereocenters. The summed E-state index contributed by atoms with van der Waals surface area (Å²) in [4.78, 5) is 16.8. The number of imidazole rings is 1. The lowest BCUT2D eigenvalue weighted by molar-refractivity contribution is -0.126. The molecule has 1 aliphatic heterocycles. The highest BCUT2D eigenvalue weighted by atomic mass is 32.2. The SMILES string of the molecule is O=C(NCCCn1ccnc1)C1CCN(S(=O)(=O)c2ccc3c(c2)CCC3)CC1. The van der Waals surface area contributed by atoms with E-state index in [4.69, 9.17) is 0 Å². The van der Waals surface area contributed by atoms with Gasteiger partial charge >= 0.3 is 0 Å². The number of sulfonamides is 1. The second-order valence-electron chi connectivity index (χ2n) is 7.91. The Morgan fingerprint density at radius 2 is 1.97 bits per heavy atom. The highest BCUT2D eigenvalue weighted by Gasteiger charge is 2.32. The molecule has 1 saturated heterocycles. The van der Waals surface area contributed by atoms with Gasteiger partial charge in [0.05, 0.1) is 11.2 Å². The minimum absolute atomic E-state index is 0.0326. The Kier molecular flexibility index (Phi) is 6.01. The molecule has 1 aromatic heterocycles. The number of fused-ring (bicyclic) bond motifs is 1. The first-order valence-corrected chi connectivity index (χ1v) is 11.8. The molecule has 2 aromatic rings. The van der Waals surface area contributed by atoms with Gasteiger partial charge in [-0.1, -0.05) is 6.07 Å². The van der Waals surface area contributed by atoms with Gasteiger partial charge in [-0.25, -0.2) is 13.4 Å². The molecule has 1 fully saturated rings. The van der Waals surface area contributed by atoms with Crippen molar-refractivity contribution in [3.8, 4) is 0 Å². The predicted molar refractivity (Wildman–Crippen MR) is 110 cm³/mol. The van der Waals surface area contributed by atoms with Gasteiger partial charge in [0.25, 0.3) is 0 Å². The van der Waals surface area contributed by atoms with Crippen LogP contribution >= 0.6 is 0 Å². The maximum atomic E-state index is 13.0. The summed E-state index contributed by atoms with van der Waals surface area (Å²) in [6.45, 7) is 2.22. The molecule has 2 aliphatic rings. The summed E-state index contributed by atoms with van der Waals surface area (Å²) in [5.74, 6) is -0.0834. The zero-order chi connectivity index (χ0) is 20.3. The van der Waals surface area contributed by atoms with Crippen molar-refractivity contribution in [2.45, 2.75) is 50.0 Å². The third-order valence-corrected chi connectivity index (χ3v) is 7.88. The first kappa shape index (κ1) is 20.1. The monoisotopic (exact) mass is 416 g/mol. The van der Waals surface area contributed by atoms with E-state index >= 15 is 0 Å². The highest BCUT2D eigenvalue weighted by molar-refractivity contribution is 7.89. The Bertz CT molecular complexity index is 948. The van der Waals surface area contributed by atoms with Gasteiger partial charge in [0.2, 0.25) is 15.9 Å². The molecule has 8 heteroatoms. The molecular formula is C21H28N4O3S. The lowest BCUT2D eigenvalue weighted by atomic mass is 9.97. The van der Waals surface area contributed by atoms with Gasteiger partial charge in [0.15, 0.2) is 0 Å². The molecule has 7 nitrogen and oxygen atoms in total. The van der Waals surface area contributed by atoms with Gasteiger partial charge in [-0.15, -0.1) is 0 Å². The van der Waals surface area contributed by atoms with Crippen LogP contribution in [0.4, 0.5) is 0 Å². The average Bonchev–Trinajstić information content (AvgIpc) is 3.42. The quantitative estimate of drug-likeness (QED) is 0.700. The normalized spacial score (nSPS) is 17.9. The maximum absolute atomic E-state index is 13.0. The Hall–Kier alpha value is -2.19. The molecule has 0 spiro atoms. The molecule has 1 amide bonds. The van der Waals surface area contributed by atoms with Gasteiger partial charge in [0, 0.05) is 44.5 Å². The van der Waals surface area contributed by atoms with E-state index in [-0.39, 0.29) is 11.8 Å². The van der Waals surface area contributed by atoms with Gasteiger partial charge in [-0.3, -0.25) is 4.79 Å². The van der Waals surface area contributed by atoms with Gasteiger partial charge in [0.1, 0.15) is 0 Å². The first-order valence-electron chi connectivity index (χ1n) is 10.4. The van der Waals surface area contributed by atoms with Crippen molar-refractivity contribution in [2.24, 2.45) is 5.92 Å². The number of benzene rings is 1. The summed E-state index contributed by atoms with van der Waals surface area (Å²) in [6, 6.07) is 5.54. The van der Waals surface area contributed by atoms with Crippen molar-refractivity contribution in [1.82, 2.24) is 19.2 Å². The summed E-state index contributed by atoms with van der Waals surface area (Å²) >= 11 is 0. The number of nitrogens with zero attached hydrogens (tertiary/aromatic N) is 3. The Balaban J connectivity index is 1.26. The van der Waals surface area contributed by atoms with Crippen molar-refractivity contribution in [2.75, 3.05) is 19.6 Å². The third-order valence-electron chi connectivity index (χ3n) is 5.98. The van der Waals surface area contributed by atoms with E-state index in [9.17, 15) is 13.2 Å². The molecule has 0 bridgehead atoms. The molecule has 1 aromatic carbocycles. The average molecular weight is 417 g/mol. The van der Waals surface area contributed by atoms with E-state index in [0.717, 1.165) is 37.8 Å². The molecule has 1 N–H and O–H groups in total. The van der Waals surface area contributed by atoms with Crippen LogP contribution in [-0.4, -0.2) is 47.8 Å². The number of piperidine rings is 1. The number of rotatable bonds is 7. The van der Waals surface area contributed by atoms with E-state index in [1.54, 1.807) is 18.6 Å². The summed E-state index contributed by atoms with van der Waals surface area (Å²) in [5, 5.41) is 2.99. The molecule has 0 radical (unpaired) electrons. The van der Waals surface area contributed by atoms with E-state index in [1.165, 1.54) is 9.87 Å². The standard InChI is InChI=1S/C21H28N4O3S/c26-21(23-9-2-11-24-14-10-22-16-24)18-7-12-25(13-8-18)29(27,28)20-6-5-17-3-1-4-19(17)15-20/h5-6,10,14-16,18H,1-4,7-9,11-13H2,(H,23,26). The first-order chi connectivity index (χ1) is 14.0. The largest absolute Gasteiger partial charge is 0.356 e. The topological polar surface area (TPSA) is 84.3 Å². The van der Waals surface area contributed by atoms with Crippen LogP contribution in [0.1, 0.15) is 36.8 Å². The van der Waals surface area contributed by atoms with E-state index < -0.39 is 10.0 Å². The number of aryl methyl sites for hydroxylation is 3. The van der Waals surface area contributed by atoms with Gasteiger partial charge in [-0.05, 0) is 61.8 Å². The third kappa shape index (κ3) is 4.53. The molecular weight excluding hydrogens is 388 g/mol. The minimum Gasteiger partial charge on any atom is -0.356 e. The van der Waals surface area contributed by atoms with Crippen LogP contribution in [0.25, 0.3) is 0 Å². The molecule has 29 heavy (non-hydrogen) atoms. The smallest absolute Gasteiger partial charge is 0.243 e. The lowest BCUT2D eigenvalue weighted by Crippen LogP contribution is -2.43. The number of carbonyl (C=O) groups is 1. The molecule has 2 heterocycles. The van der Waals surface area contributed by atoms with Crippen LogP contribution in [0, 0.1) is 5.92 Å². The fourth-order valence-corrected chi connectivity index (χ4v) is 5.77. The number of amides is 1. The Labute approximate surface area is 172 Å². The van der Waals surface area contributed by atoms with Crippen molar-refractivity contribution < 1.29 is 13.2 Å². The maximum Gasteiger partial charge on any atom is 0.243 e. The van der Waals surface area contributed by atoms with E-state index in [2.05, 4.69) is 10.3 Å². The van der Waals surface area contributed by atoms with Crippen molar-refractivity contribution in [1.29, 1.82) is 0 Å². The van der Waals surface area contributed by atoms with Crippen LogP contribution in [0.5, 0.6) is 0 Å². The number of hydrogen-bond donors (Lipinski definition) is 1. The predicted octanol–water partition coefficient (Wildman–Crippen LogP) is 1.98. The molecule has 0 unspecified atom stereocenters. The highest BCUT2D eigenvalue weighted by Crippen LogP contribution is 2.28. The van der Waals surface area contributed by atoms with E-state index in [1.807, 2.05) is 22.9 Å². The Morgan fingerprint density at radius 3 is 2.72 bits per heavy atom. The molecule has 156 valence electrons. The zero-order valence-electron chi connectivity index (χ0n) is 16.6. The van der Waals surface area contributed by atoms with Crippen LogP contribution in [0.2, 0.25) is 0 Å². The zero-order valence-corrected chi connectivity index (χ0v) is 17.4. The molecule has 1 aliphatic carbocycles. The van der Waals surface area contributed by atoms with Crippen molar-refractivity contribution in [3.05, 3.63) is 48.0 Å². The van der Waals surface area contributed by atoms with E-state index in [0.29, 0.717) is 37.4 Å². The molecule has 4 rings (SSSR count). The lowest BCUT2D eigenvalue weighted by Gasteiger charge is -2.30. The minimum atomic E-state index is -3.49. The summed E-state index contributed by atoms with van der Waals surface area (Å²) in [6.07, 6.45) is 10.5. The molecule has 0 saturated carbocycles. The number of nitrogens with one attached hydrogen (secondary N) is 1. The summed E-state index contributed by atoms with van der Waals surface area (Å²) < 4.78 is 29.5. The van der Waals surface area contributed by atoms with Gasteiger partial charge in [-0.2, -0.15) is 4.31 Å². The Morgan fingerprint density at radius 1 is 1.17 bits per heavy atom. The van der Waals surface area contributed by atoms with Crippen LogP contribution in [0.3, 0.4) is 0 Å². The van der Waals surface area contributed by atoms with Crippen LogP contribution in [0.15, 0.2) is 41.8 Å². The summed E-state index contributed by atoms with van der Waals surface area (Å²) in [7, 11) is -3.49. The number of carbonyl (C=O) groups excluding carboxylic acids is 1.